The van der Waals surface area contributed by atoms with Crippen LogP contribution in [0.2, 0.25) is 0 Å². The zero-order chi connectivity index (χ0) is 13.9. The molecule has 0 aromatic heterocycles. The molecule has 0 aromatic rings. The molecule has 1 unspecified atom stereocenters. The Morgan fingerprint density at radius 3 is 2.50 bits per heavy atom. The predicted molar refractivity (Wildman–Crippen MR) is 69.0 cm³/mol. The van der Waals surface area contributed by atoms with Gasteiger partial charge >= 0.3 is 5.97 Å². The highest BCUT2D eigenvalue weighted by atomic mass is 16.4. The Morgan fingerprint density at radius 1 is 1.44 bits per heavy atom. The van der Waals surface area contributed by atoms with E-state index >= 15 is 0 Å². The lowest BCUT2D eigenvalue weighted by Gasteiger charge is -2.29. The van der Waals surface area contributed by atoms with Gasteiger partial charge in [0.2, 0.25) is 5.91 Å². The van der Waals surface area contributed by atoms with E-state index in [0.29, 0.717) is 19.4 Å². The van der Waals surface area contributed by atoms with Gasteiger partial charge in [0.25, 0.3) is 0 Å². The van der Waals surface area contributed by atoms with Crippen LogP contribution < -0.4 is 5.73 Å². The summed E-state index contributed by atoms with van der Waals surface area (Å²) in [5.41, 5.74) is 5.69. The number of carboxylic acid groups (broad SMARTS) is 1. The van der Waals surface area contributed by atoms with Crippen LogP contribution in [0.15, 0.2) is 0 Å². The number of hydrogen-bond acceptors (Lipinski definition) is 3. The van der Waals surface area contributed by atoms with Crippen molar-refractivity contribution in [3.8, 4) is 0 Å². The standard InChI is InChI=1S/C13H24N2O3/c1-13(2,3)7-9(8-14)11(16)15-6-4-5-10(15)12(17)18/h9-10H,4-8,14H2,1-3H3,(H,17,18)/t9?,10-/m1/s1. The molecule has 0 spiro atoms. The average molecular weight is 256 g/mol. The summed E-state index contributed by atoms with van der Waals surface area (Å²) in [5, 5.41) is 9.09. The Kier molecular flexibility index (Phi) is 4.73. The van der Waals surface area contributed by atoms with Crippen LogP contribution in [0, 0.1) is 11.3 Å². The second-order valence-electron chi connectivity index (χ2n) is 6.23. The first-order valence-corrected chi connectivity index (χ1v) is 6.49. The van der Waals surface area contributed by atoms with E-state index in [1.807, 2.05) is 0 Å². The van der Waals surface area contributed by atoms with Crippen molar-refractivity contribution in [1.82, 2.24) is 4.90 Å². The van der Waals surface area contributed by atoms with Crippen LogP contribution >= 0.6 is 0 Å². The second kappa shape index (κ2) is 5.69. The summed E-state index contributed by atoms with van der Waals surface area (Å²) in [4.78, 5) is 24.9. The van der Waals surface area contributed by atoms with E-state index in [9.17, 15) is 9.59 Å². The van der Waals surface area contributed by atoms with Crippen LogP contribution in [0.3, 0.4) is 0 Å². The highest BCUT2D eigenvalue weighted by Gasteiger charge is 2.37. The Labute approximate surface area is 108 Å². The van der Waals surface area contributed by atoms with E-state index in [2.05, 4.69) is 20.8 Å². The Morgan fingerprint density at radius 2 is 2.06 bits per heavy atom. The van der Waals surface area contributed by atoms with Gasteiger partial charge in [-0.3, -0.25) is 4.79 Å². The quantitative estimate of drug-likeness (QED) is 0.788. The van der Waals surface area contributed by atoms with Crippen molar-refractivity contribution in [2.75, 3.05) is 13.1 Å². The van der Waals surface area contributed by atoms with Crippen LogP contribution in [-0.2, 0) is 9.59 Å². The fourth-order valence-electron chi connectivity index (χ4n) is 2.53. The zero-order valence-electron chi connectivity index (χ0n) is 11.5. The second-order valence-corrected chi connectivity index (χ2v) is 6.23. The third-order valence-electron chi connectivity index (χ3n) is 3.31. The van der Waals surface area contributed by atoms with Gasteiger partial charge in [-0.2, -0.15) is 0 Å². The van der Waals surface area contributed by atoms with Gasteiger partial charge < -0.3 is 15.7 Å². The molecule has 1 heterocycles. The number of carboxylic acids is 1. The van der Waals surface area contributed by atoms with Gasteiger partial charge in [0.15, 0.2) is 0 Å². The number of nitrogens with two attached hydrogens (primary N) is 1. The molecule has 0 saturated carbocycles. The maximum absolute atomic E-state index is 12.4. The molecule has 0 radical (unpaired) electrons. The molecule has 3 N–H and O–H groups in total. The first-order chi connectivity index (χ1) is 8.26. The number of hydrogen-bond donors (Lipinski definition) is 2. The molecule has 0 bridgehead atoms. The lowest BCUT2D eigenvalue weighted by molar-refractivity contribution is -0.150. The van der Waals surface area contributed by atoms with Gasteiger partial charge in [-0.15, -0.1) is 0 Å². The van der Waals surface area contributed by atoms with Crippen LogP contribution in [-0.4, -0.2) is 41.0 Å². The summed E-state index contributed by atoms with van der Waals surface area (Å²) in [6.07, 6.45) is 1.99. The molecule has 1 fully saturated rings. The number of amides is 1. The number of aliphatic carboxylic acids is 1. The first kappa shape index (κ1) is 15.0. The highest BCUT2D eigenvalue weighted by Crippen LogP contribution is 2.27. The minimum atomic E-state index is -0.910. The van der Waals surface area contributed by atoms with Gasteiger partial charge in [-0.05, 0) is 24.7 Å². The predicted octanol–water partition coefficient (Wildman–Crippen LogP) is 1.07. The van der Waals surface area contributed by atoms with E-state index in [4.69, 9.17) is 10.8 Å². The molecule has 1 rings (SSSR count). The van der Waals surface area contributed by atoms with Crippen LogP contribution in [0.4, 0.5) is 0 Å². The number of carbonyl (C=O) groups excluding carboxylic acids is 1. The van der Waals surface area contributed by atoms with E-state index in [1.165, 1.54) is 4.90 Å². The van der Waals surface area contributed by atoms with Crippen molar-refractivity contribution in [3.05, 3.63) is 0 Å². The smallest absolute Gasteiger partial charge is 0.326 e. The number of nitrogens with zero attached hydrogens (tertiary/aromatic N) is 1. The van der Waals surface area contributed by atoms with Crippen molar-refractivity contribution >= 4 is 11.9 Å². The molecule has 1 aliphatic heterocycles. The lowest BCUT2D eigenvalue weighted by Crippen LogP contribution is -2.46. The fourth-order valence-corrected chi connectivity index (χ4v) is 2.53. The molecular weight excluding hydrogens is 232 g/mol. The van der Waals surface area contributed by atoms with Crippen molar-refractivity contribution in [3.63, 3.8) is 0 Å². The number of rotatable bonds is 4. The van der Waals surface area contributed by atoms with Crippen molar-refractivity contribution in [2.45, 2.75) is 46.1 Å². The van der Waals surface area contributed by atoms with Gasteiger partial charge in [0, 0.05) is 13.1 Å². The van der Waals surface area contributed by atoms with E-state index < -0.39 is 12.0 Å². The molecule has 5 heteroatoms. The van der Waals surface area contributed by atoms with Gasteiger partial charge in [0.05, 0.1) is 5.92 Å². The maximum atomic E-state index is 12.4. The molecule has 1 saturated heterocycles. The summed E-state index contributed by atoms with van der Waals surface area (Å²) in [6, 6.07) is -0.661. The summed E-state index contributed by atoms with van der Waals surface area (Å²) in [7, 11) is 0. The van der Waals surface area contributed by atoms with Crippen molar-refractivity contribution < 1.29 is 14.7 Å². The molecule has 104 valence electrons. The van der Waals surface area contributed by atoms with Crippen LogP contribution in [0.25, 0.3) is 0 Å². The van der Waals surface area contributed by atoms with Gasteiger partial charge in [-0.1, -0.05) is 20.8 Å². The normalized spacial score (nSPS) is 22.0. The van der Waals surface area contributed by atoms with Crippen molar-refractivity contribution in [1.29, 1.82) is 0 Å². The minimum absolute atomic E-state index is 0.0120. The molecule has 5 nitrogen and oxygen atoms in total. The highest BCUT2D eigenvalue weighted by molar-refractivity contribution is 5.85. The Balaban J connectivity index is 2.74. The SMILES string of the molecule is CC(C)(C)CC(CN)C(=O)N1CCC[C@@H]1C(=O)O. The van der Waals surface area contributed by atoms with Gasteiger partial charge in [0.1, 0.15) is 6.04 Å². The molecule has 2 atom stereocenters. The summed E-state index contributed by atoms with van der Waals surface area (Å²) >= 11 is 0. The Bertz CT molecular complexity index is 323. The third-order valence-corrected chi connectivity index (χ3v) is 3.31. The van der Waals surface area contributed by atoms with E-state index in [0.717, 1.165) is 6.42 Å². The maximum Gasteiger partial charge on any atom is 0.326 e. The van der Waals surface area contributed by atoms with E-state index in [1.54, 1.807) is 0 Å². The average Bonchev–Trinajstić information content (AvgIpc) is 2.72. The summed E-state index contributed by atoms with van der Waals surface area (Å²) in [6.45, 7) is 6.99. The molecule has 1 aliphatic rings. The van der Waals surface area contributed by atoms with Crippen LogP contribution in [0.5, 0.6) is 0 Å². The monoisotopic (exact) mass is 256 g/mol. The lowest BCUT2D eigenvalue weighted by atomic mass is 9.84. The molecule has 0 aliphatic carbocycles. The topological polar surface area (TPSA) is 83.6 Å². The third kappa shape index (κ3) is 3.70. The molecule has 1 amide bonds. The number of carbonyl (C=O) groups is 2. The summed E-state index contributed by atoms with van der Waals surface area (Å²) < 4.78 is 0. The summed E-state index contributed by atoms with van der Waals surface area (Å²) in [5.74, 6) is -1.28. The van der Waals surface area contributed by atoms with Crippen LogP contribution in [0.1, 0.15) is 40.0 Å². The van der Waals surface area contributed by atoms with E-state index in [-0.39, 0.29) is 23.8 Å². The van der Waals surface area contributed by atoms with Crippen molar-refractivity contribution in [2.24, 2.45) is 17.1 Å². The minimum Gasteiger partial charge on any atom is -0.480 e. The molecule has 18 heavy (non-hydrogen) atoms. The number of likely N-dealkylation sites (tertiary alicyclic amines) is 1. The largest absolute Gasteiger partial charge is 0.480 e. The Hall–Kier alpha value is -1.10. The fraction of sp³-hybridized carbons (Fsp3) is 0.846. The molecular formula is C13H24N2O3. The van der Waals surface area contributed by atoms with Gasteiger partial charge in [-0.25, -0.2) is 4.79 Å². The first-order valence-electron chi connectivity index (χ1n) is 6.49. The molecule has 0 aromatic carbocycles. The zero-order valence-corrected chi connectivity index (χ0v) is 11.5.